The molecular weight excluding hydrogens is 175 g/mol. The third-order valence-electron chi connectivity index (χ3n) is 1.70. The van der Waals surface area contributed by atoms with Gasteiger partial charge in [-0.2, -0.15) is 0 Å². The summed E-state index contributed by atoms with van der Waals surface area (Å²) in [7, 11) is 0. The molecule has 0 unspecified atom stereocenters. The zero-order valence-electron chi connectivity index (χ0n) is 8.22. The molecule has 0 atom stereocenters. The third-order valence-corrected chi connectivity index (χ3v) is 1.70. The van der Waals surface area contributed by atoms with Crippen molar-refractivity contribution in [3.8, 4) is 5.75 Å². The van der Waals surface area contributed by atoms with Gasteiger partial charge in [0.15, 0.2) is 0 Å². The van der Waals surface area contributed by atoms with Crippen LogP contribution in [0, 0.1) is 0 Å². The standard InChI is InChI=1S/C10H14O.K/c1-10(2,3)8-5-4-6-9(11)7-8;/h4-7,11H,1-3H3;/q;+1/p-1. The minimum absolute atomic E-state index is 0. The van der Waals surface area contributed by atoms with Crippen LogP contribution in [0.5, 0.6) is 5.75 Å². The van der Waals surface area contributed by atoms with Gasteiger partial charge in [0.1, 0.15) is 0 Å². The van der Waals surface area contributed by atoms with Gasteiger partial charge >= 0.3 is 51.4 Å². The maximum atomic E-state index is 10.9. The monoisotopic (exact) mass is 188 g/mol. The SMILES string of the molecule is CC(C)(C)c1cccc([O-])c1.[K+]. The molecule has 2 heteroatoms. The molecule has 60 valence electrons. The smallest absolute Gasteiger partial charge is 0.872 e. The topological polar surface area (TPSA) is 23.1 Å². The maximum absolute atomic E-state index is 10.9. The van der Waals surface area contributed by atoms with Crippen LogP contribution in [0.2, 0.25) is 0 Å². The summed E-state index contributed by atoms with van der Waals surface area (Å²) in [4.78, 5) is 0. The van der Waals surface area contributed by atoms with Crippen LogP contribution in [0.15, 0.2) is 24.3 Å². The van der Waals surface area contributed by atoms with E-state index in [1.165, 1.54) is 0 Å². The van der Waals surface area contributed by atoms with Crippen LogP contribution in [-0.4, -0.2) is 0 Å². The van der Waals surface area contributed by atoms with Gasteiger partial charge < -0.3 is 5.11 Å². The van der Waals surface area contributed by atoms with E-state index in [2.05, 4.69) is 20.8 Å². The molecule has 0 amide bonds. The van der Waals surface area contributed by atoms with E-state index < -0.39 is 0 Å². The van der Waals surface area contributed by atoms with E-state index in [4.69, 9.17) is 0 Å². The van der Waals surface area contributed by atoms with Crippen molar-refractivity contribution in [2.45, 2.75) is 26.2 Å². The third kappa shape index (κ3) is 3.58. The summed E-state index contributed by atoms with van der Waals surface area (Å²) >= 11 is 0. The maximum Gasteiger partial charge on any atom is 1.00 e. The van der Waals surface area contributed by atoms with Gasteiger partial charge in [0.05, 0.1) is 0 Å². The van der Waals surface area contributed by atoms with Gasteiger partial charge in [0, 0.05) is 0 Å². The van der Waals surface area contributed by atoms with Crippen LogP contribution in [-0.2, 0) is 5.41 Å². The Balaban J connectivity index is 0.00000121. The molecule has 0 saturated carbocycles. The zero-order valence-corrected chi connectivity index (χ0v) is 11.3. The van der Waals surface area contributed by atoms with E-state index >= 15 is 0 Å². The van der Waals surface area contributed by atoms with Crippen molar-refractivity contribution in [1.82, 2.24) is 0 Å². The average molecular weight is 188 g/mol. The van der Waals surface area contributed by atoms with Crippen molar-refractivity contribution < 1.29 is 56.5 Å². The van der Waals surface area contributed by atoms with Gasteiger partial charge in [-0.3, -0.25) is 0 Å². The van der Waals surface area contributed by atoms with Gasteiger partial charge in [-0.25, -0.2) is 0 Å². The summed E-state index contributed by atoms with van der Waals surface area (Å²) in [6.07, 6.45) is 0. The summed E-state index contributed by atoms with van der Waals surface area (Å²) in [5.41, 5.74) is 1.19. The van der Waals surface area contributed by atoms with E-state index in [1.807, 2.05) is 12.1 Å². The minimum Gasteiger partial charge on any atom is -0.872 e. The number of benzene rings is 1. The Morgan fingerprint density at radius 2 is 1.75 bits per heavy atom. The van der Waals surface area contributed by atoms with Crippen molar-refractivity contribution in [1.29, 1.82) is 0 Å². The van der Waals surface area contributed by atoms with Crippen molar-refractivity contribution in [3.63, 3.8) is 0 Å². The predicted molar refractivity (Wildman–Crippen MR) is 44.6 cm³/mol. The first-order valence-corrected chi connectivity index (χ1v) is 3.78. The van der Waals surface area contributed by atoms with Crippen LogP contribution in [0.1, 0.15) is 26.3 Å². The van der Waals surface area contributed by atoms with Gasteiger partial charge in [-0.1, -0.05) is 45.0 Å². The summed E-state index contributed by atoms with van der Waals surface area (Å²) in [6.45, 7) is 6.30. The van der Waals surface area contributed by atoms with Gasteiger partial charge in [-0.15, -0.1) is 5.75 Å². The van der Waals surface area contributed by atoms with Crippen LogP contribution in [0.3, 0.4) is 0 Å². The van der Waals surface area contributed by atoms with Gasteiger partial charge in [0.25, 0.3) is 0 Å². The Bertz CT molecular complexity index is 250. The molecule has 12 heavy (non-hydrogen) atoms. The Morgan fingerprint density at radius 3 is 2.08 bits per heavy atom. The molecule has 0 fully saturated rings. The molecule has 0 aliphatic rings. The molecule has 1 nitrogen and oxygen atoms in total. The van der Waals surface area contributed by atoms with E-state index in [9.17, 15) is 5.11 Å². The average Bonchev–Trinajstić information content (AvgIpc) is 1.86. The second kappa shape index (κ2) is 4.77. The fourth-order valence-electron chi connectivity index (χ4n) is 0.963. The Hall–Kier alpha value is 0.656. The van der Waals surface area contributed by atoms with E-state index in [0.717, 1.165) is 5.56 Å². The first kappa shape index (κ1) is 12.7. The molecule has 0 saturated heterocycles. The number of hydrogen-bond acceptors (Lipinski definition) is 1. The first-order valence-electron chi connectivity index (χ1n) is 3.78. The van der Waals surface area contributed by atoms with E-state index in [1.54, 1.807) is 12.1 Å². The molecule has 0 aliphatic heterocycles. The normalized spacial score (nSPS) is 10.6. The molecule has 1 aromatic carbocycles. The number of hydrogen-bond donors (Lipinski definition) is 0. The quantitative estimate of drug-likeness (QED) is 0.482. The van der Waals surface area contributed by atoms with Crippen molar-refractivity contribution in [2.75, 3.05) is 0 Å². The summed E-state index contributed by atoms with van der Waals surface area (Å²) in [5.74, 6) is 0.0948. The molecule has 0 aromatic heterocycles. The summed E-state index contributed by atoms with van der Waals surface area (Å²) in [5, 5.41) is 10.9. The van der Waals surface area contributed by atoms with Crippen LogP contribution in [0.4, 0.5) is 0 Å². The Labute approximate surface area is 117 Å². The van der Waals surface area contributed by atoms with Crippen LogP contribution >= 0.6 is 0 Å². The second-order valence-corrected chi connectivity index (χ2v) is 3.78. The van der Waals surface area contributed by atoms with Gasteiger partial charge in [0.2, 0.25) is 0 Å². The molecular formula is C10H13KO. The zero-order chi connectivity index (χ0) is 8.48. The molecule has 1 rings (SSSR count). The molecule has 0 spiro atoms. The Kier molecular flexibility index (Phi) is 5.03. The largest absolute Gasteiger partial charge is 1.00 e. The van der Waals surface area contributed by atoms with Crippen molar-refractivity contribution in [3.05, 3.63) is 29.8 Å². The second-order valence-electron chi connectivity index (χ2n) is 3.78. The number of rotatable bonds is 0. The minimum atomic E-state index is 0. The molecule has 0 bridgehead atoms. The fourth-order valence-corrected chi connectivity index (χ4v) is 0.963. The first-order chi connectivity index (χ1) is 5.00. The predicted octanol–water partition coefficient (Wildman–Crippen LogP) is -0.938. The van der Waals surface area contributed by atoms with E-state index in [0.29, 0.717) is 0 Å². The Morgan fingerprint density at radius 1 is 1.17 bits per heavy atom. The van der Waals surface area contributed by atoms with E-state index in [-0.39, 0.29) is 62.5 Å². The molecule has 0 radical (unpaired) electrons. The van der Waals surface area contributed by atoms with Crippen molar-refractivity contribution >= 4 is 0 Å². The van der Waals surface area contributed by atoms with Crippen LogP contribution in [0.25, 0.3) is 0 Å². The van der Waals surface area contributed by atoms with Gasteiger partial charge in [-0.05, 0) is 11.0 Å². The molecule has 0 N–H and O–H groups in total. The fraction of sp³-hybridized carbons (Fsp3) is 0.400. The van der Waals surface area contributed by atoms with Crippen molar-refractivity contribution in [2.24, 2.45) is 0 Å². The summed E-state index contributed by atoms with van der Waals surface area (Å²) < 4.78 is 0. The van der Waals surface area contributed by atoms with Crippen LogP contribution < -0.4 is 56.5 Å². The molecule has 1 aromatic rings. The molecule has 0 heterocycles. The molecule has 0 aliphatic carbocycles. The summed E-state index contributed by atoms with van der Waals surface area (Å²) in [6, 6.07) is 7.07.